The quantitative estimate of drug-likeness (QED) is 0.708. The fraction of sp³-hybridized carbons (Fsp3) is 0.440. The summed E-state index contributed by atoms with van der Waals surface area (Å²) in [6.45, 7) is 5.74. The lowest BCUT2D eigenvalue weighted by atomic mass is 10.0. The molecule has 34 heavy (non-hydrogen) atoms. The van der Waals surface area contributed by atoms with Crippen LogP contribution in [0.25, 0.3) is 0 Å². The van der Waals surface area contributed by atoms with Gasteiger partial charge in [0, 0.05) is 45.0 Å². The Kier molecular flexibility index (Phi) is 8.46. The van der Waals surface area contributed by atoms with Crippen molar-refractivity contribution in [3.63, 3.8) is 0 Å². The van der Waals surface area contributed by atoms with E-state index >= 15 is 0 Å². The smallest absolute Gasteiger partial charge is 0.323 e. The second kappa shape index (κ2) is 11.3. The van der Waals surface area contributed by atoms with Gasteiger partial charge in [0.25, 0.3) is 5.91 Å². The van der Waals surface area contributed by atoms with E-state index in [1.807, 2.05) is 7.05 Å². The highest BCUT2D eigenvalue weighted by molar-refractivity contribution is 6.01. The SMILES string of the molecule is CO[C@H]1CN(C)C(=O)c2ccc(NC(=O)Nc3ccccc3F)cc2OC[C@@H](C)N(C)C[C@H]1C. The van der Waals surface area contributed by atoms with Gasteiger partial charge in [0.15, 0.2) is 0 Å². The van der Waals surface area contributed by atoms with E-state index in [0.717, 1.165) is 6.54 Å². The summed E-state index contributed by atoms with van der Waals surface area (Å²) in [5, 5.41) is 5.15. The van der Waals surface area contributed by atoms with Crippen LogP contribution in [0.2, 0.25) is 0 Å². The number of ether oxygens (including phenoxy) is 2. The number of hydrogen-bond donors (Lipinski definition) is 2. The van der Waals surface area contributed by atoms with Crippen LogP contribution < -0.4 is 15.4 Å². The average molecular weight is 473 g/mol. The zero-order valence-corrected chi connectivity index (χ0v) is 20.3. The molecule has 0 aromatic heterocycles. The average Bonchev–Trinajstić information content (AvgIpc) is 2.81. The molecular formula is C25H33FN4O4. The van der Waals surface area contributed by atoms with Crippen LogP contribution in [-0.2, 0) is 4.74 Å². The van der Waals surface area contributed by atoms with Crippen LogP contribution in [0, 0.1) is 11.7 Å². The number of carbonyl (C=O) groups excluding carboxylic acids is 2. The minimum Gasteiger partial charge on any atom is -0.491 e. The predicted octanol–water partition coefficient (Wildman–Crippen LogP) is 3.91. The van der Waals surface area contributed by atoms with E-state index in [2.05, 4.69) is 29.4 Å². The number of halogens is 1. The predicted molar refractivity (Wildman–Crippen MR) is 130 cm³/mol. The Morgan fingerprint density at radius 2 is 1.85 bits per heavy atom. The summed E-state index contributed by atoms with van der Waals surface area (Å²) in [5.41, 5.74) is 0.873. The van der Waals surface area contributed by atoms with Gasteiger partial charge in [-0.2, -0.15) is 0 Å². The summed E-state index contributed by atoms with van der Waals surface area (Å²) in [6, 6.07) is 10.2. The first kappa shape index (κ1) is 25.5. The van der Waals surface area contributed by atoms with Crippen LogP contribution in [0.4, 0.5) is 20.6 Å². The molecule has 3 amide bonds. The summed E-state index contributed by atoms with van der Waals surface area (Å²) in [6.07, 6.45) is -0.115. The number of likely N-dealkylation sites (N-methyl/N-ethyl adjacent to an activating group) is 2. The standard InChI is InChI=1S/C25H33FN4O4/c1-16-13-29(3)17(2)15-34-22-12-18(27-25(32)28-21-9-7-6-8-20(21)26)10-11-19(22)24(31)30(4)14-23(16)33-5/h6-12,16-17,23H,13-15H2,1-5H3,(H2,27,28,32)/t16-,17-,23+/m1/s1. The van der Waals surface area contributed by atoms with Crippen LogP contribution in [0.3, 0.4) is 0 Å². The third-order valence-corrected chi connectivity index (χ3v) is 6.14. The first-order valence-corrected chi connectivity index (χ1v) is 11.3. The van der Waals surface area contributed by atoms with Crippen molar-refractivity contribution in [2.45, 2.75) is 26.0 Å². The van der Waals surface area contributed by atoms with Crippen molar-refractivity contribution in [2.75, 3.05) is 51.5 Å². The van der Waals surface area contributed by atoms with Gasteiger partial charge in [0.2, 0.25) is 0 Å². The monoisotopic (exact) mass is 472 g/mol. The molecular weight excluding hydrogens is 439 g/mol. The van der Waals surface area contributed by atoms with E-state index in [9.17, 15) is 14.0 Å². The Balaban J connectivity index is 1.84. The maximum atomic E-state index is 13.8. The van der Waals surface area contributed by atoms with Crippen molar-refractivity contribution in [3.05, 3.63) is 53.8 Å². The highest BCUT2D eigenvalue weighted by Gasteiger charge is 2.27. The number of hydrogen-bond acceptors (Lipinski definition) is 5. The summed E-state index contributed by atoms with van der Waals surface area (Å²) >= 11 is 0. The van der Waals surface area contributed by atoms with E-state index in [0.29, 0.717) is 30.2 Å². The van der Waals surface area contributed by atoms with Crippen LogP contribution >= 0.6 is 0 Å². The molecule has 0 aliphatic carbocycles. The fourth-order valence-corrected chi connectivity index (χ4v) is 3.88. The summed E-state index contributed by atoms with van der Waals surface area (Å²) < 4.78 is 25.6. The van der Waals surface area contributed by atoms with Gasteiger partial charge in [0.05, 0.1) is 17.4 Å². The zero-order chi connectivity index (χ0) is 24.8. The van der Waals surface area contributed by atoms with Gasteiger partial charge in [-0.15, -0.1) is 0 Å². The largest absolute Gasteiger partial charge is 0.491 e. The van der Waals surface area contributed by atoms with Crippen molar-refractivity contribution >= 4 is 23.3 Å². The number of fused-ring (bicyclic) bond motifs is 1. The first-order valence-electron chi connectivity index (χ1n) is 11.3. The highest BCUT2D eigenvalue weighted by atomic mass is 19.1. The Labute approximate surface area is 200 Å². The third-order valence-electron chi connectivity index (χ3n) is 6.14. The Hall–Kier alpha value is -3.17. The number of amides is 3. The van der Waals surface area contributed by atoms with Crippen LogP contribution in [0.1, 0.15) is 24.2 Å². The molecule has 0 fully saturated rings. The molecule has 0 unspecified atom stereocenters. The lowest BCUT2D eigenvalue weighted by molar-refractivity contribution is 0.0150. The molecule has 0 saturated heterocycles. The molecule has 2 N–H and O–H groups in total. The molecule has 0 radical (unpaired) electrons. The molecule has 0 saturated carbocycles. The van der Waals surface area contributed by atoms with E-state index < -0.39 is 11.8 Å². The zero-order valence-electron chi connectivity index (χ0n) is 20.3. The second-order valence-corrected chi connectivity index (χ2v) is 8.81. The van der Waals surface area contributed by atoms with Crippen molar-refractivity contribution in [2.24, 2.45) is 5.92 Å². The van der Waals surface area contributed by atoms with Gasteiger partial charge < -0.3 is 25.0 Å². The van der Waals surface area contributed by atoms with Gasteiger partial charge >= 0.3 is 6.03 Å². The highest BCUT2D eigenvalue weighted by Crippen LogP contribution is 2.27. The van der Waals surface area contributed by atoms with Crippen LogP contribution in [0.15, 0.2) is 42.5 Å². The number of urea groups is 1. The lowest BCUT2D eigenvalue weighted by Gasteiger charge is -2.34. The molecule has 8 nitrogen and oxygen atoms in total. The lowest BCUT2D eigenvalue weighted by Crippen LogP contribution is -2.45. The Bertz CT molecular complexity index is 1020. The first-order chi connectivity index (χ1) is 16.2. The van der Waals surface area contributed by atoms with E-state index in [1.54, 1.807) is 49.4 Å². The van der Waals surface area contributed by atoms with Gasteiger partial charge in [-0.3, -0.25) is 9.69 Å². The molecule has 0 spiro atoms. The normalized spacial score (nSPS) is 22.1. The summed E-state index contributed by atoms with van der Waals surface area (Å²) in [5.74, 6) is -0.156. The third kappa shape index (κ3) is 6.24. The molecule has 0 bridgehead atoms. The van der Waals surface area contributed by atoms with Crippen LogP contribution in [-0.4, -0.2) is 74.8 Å². The molecule has 2 aromatic carbocycles. The number of nitrogens with one attached hydrogen (secondary N) is 2. The van der Waals surface area contributed by atoms with Gasteiger partial charge in [-0.05, 0) is 44.2 Å². The molecule has 1 aliphatic rings. The van der Waals surface area contributed by atoms with Gasteiger partial charge in [-0.1, -0.05) is 19.1 Å². The topological polar surface area (TPSA) is 83.1 Å². The Morgan fingerprint density at radius 3 is 2.56 bits per heavy atom. The molecule has 184 valence electrons. The molecule has 1 heterocycles. The molecule has 1 aliphatic heterocycles. The number of rotatable bonds is 3. The van der Waals surface area contributed by atoms with Gasteiger partial charge in [-0.25, -0.2) is 9.18 Å². The number of anilines is 2. The molecule has 9 heteroatoms. The maximum absolute atomic E-state index is 13.8. The van der Waals surface area contributed by atoms with E-state index in [1.165, 1.54) is 12.1 Å². The number of benzene rings is 2. The summed E-state index contributed by atoms with van der Waals surface area (Å²) in [7, 11) is 5.43. The molecule has 2 aromatic rings. The number of methoxy groups -OCH3 is 1. The maximum Gasteiger partial charge on any atom is 0.323 e. The second-order valence-electron chi connectivity index (χ2n) is 8.81. The molecule has 3 rings (SSSR count). The van der Waals surface area contributed by atoms with Crippen molar-refractivity contribution in [1.29, 1.82) is 0 Å². The van der Waals surface area contributed by atoms with Crippen molar-refractivity contribution in [1.82, 2.24) is 9.80 Å². The van der Waals surface area contributed by atoms with Gasteiger partial charge in [0.1, 0.15) is 18.2 Å². The Morgan fingerprint density at radius 1 is 1.12 bits per heavy atom. The number of carbonyl (C=O) groups is 2. The molecule has 3 atom stereocenters. The fourth-order valence-electron chi connectivity index (χ4n) is 3.88. The van der Waals surface area contributed by atoms with E-state index in [4.69, 9.17) is 9.47 Å². The number of nitrogens with zero attached hydrogens (tertiary/aromatic N) is 2. The minimum atomic E-state index is -0.605. The van der Waals surface area contributed by atoms with Crippen molar-refractivity contribution in [3.8, 4) is 5.75 Å². The minimum absolute atomic E-state index is 0.0677. The van der Waals surface area contributed by atoms with Crippen LogP contribution in [0.5, 0.6) is 5.75 Å². The van der Waals surface area contributed by atoms with Crippen molar-refractivity contribution < 1.29 is 23.5 Å². The van der Waals surface area contributed by atoms with E-state index in [-0.39, 0.29) is 29.7 Å². The number of para-hydroxylation sites is 1. The summed E-state index contributed by atoms with van der Waals surface area (Å²) in [4.78, 5) is 29.4.